The van der Waals surface area contributed by atoms with Gasteiger partial charge in [0.25, 0.3) is 0 Å². The van der Waals surface area contributed by atoms with E-state index in [1.807, 2.05) is 11.9 Å². The zero-order valence-corrected chi connectivity index (χ0v) is 13.3. The minimum Gasteiger partial charge on any atom is -0.391 e. The third-order valence-corrected chi connectivity index (χ3v) is 4.29. The average molecular weight is 302 g/mol. The first-order valence-electron chi connectivity index (χ1n) is 7.92. The van der Waals surface area contributed by atoms with Crippen LogP contribution in [0.25, 0.3) is 0 Å². The van der Waals surface area contributed by atoms with Crippen molar-refractivity contribution in [3.05, 3.63) is 0 Å². The second kappa shape index (κ2) is 8.68. The summed E-state index contributed by atoms with van der Waals surface area (Å²) in [5.74, 6) is -0.109. The average Bonchev–Trinajstić information content (AvgIpc) is 2.76. The number of rotatable bonds is 8. The summed E-state index contributed by atoms with van der Waals surface area (Å²) in [6.07, 6.45) is 1.08. The number of aliphatic hydroxyl groups excluding tert-OH is 3. The lowest BCUT2D eigenvalue weighted by Gasteiger charge is -2.33. The van der Waals surface area contributed by atoms with Crippen LogP contribution in [0.15, 0.2) is 0 Å². The number of likely N-dealkylation sites (tertiary alicyclic amines) is 1. The van der Waals surface area contributed by atoms with E-state index in [4.69, 9.17) is 0 Å². The molecule has 1 heterocycles. The van der Waals surface area contributed by atoms with Gasteiger partial charge in [-0.1, -0.05) is 19.8 Å². The second-order valence-electron chi connectivity index (χ2n) is 6.12. The molecule has 0 aromatic carbocycles. The van der Waals surface area contributed by atoms with E-state index in [0.717, 1.165) is 19.3 Å². The Kier molecular flexibility index (Phi) is 7.59. The Morgan fingerprint density at radius 3 is 2.57 bits per heavy atom. The fourth-order valence-corrected chi connectivity index (χ4v) is 2.88. The second-order valence-corrected chi connectivity index (χ2v) is 6.12. The van der Waals surface area contributed by atoms with Gasteiger partial charge in [0.2, 0.25) is 5.91 Å². The molecule has 5 atom stereocenters. The van der Waals surface area contributed by atoms with Crippen molar-refractivity contribution in [1.82, 2.24) is 10.2 Å². The molecule has 124 valence electrons. The lowest BCUT2D eigenvalue weighted by Crippen LogP contribution is -2.55. The molecule has 1 fully saturated rings. The highest BCUT2D eigenvalue weighted by Gasteiger charge is 2.40. The lowest BCUT2D eigenvalue weighted by molar-refractivity contribution is -0.124. The number of aliphatic hydroxyl groups is 3. The number of hydrogen-bond acceptors (Lipinski definition) is 5. The van der Waals surface area contributed by atoms with Crippen LogP contribution in [0, 0.1) is 0 Å². The Bertz CT molecular complexity index is 317. The van der Waals surface area contributed by atoms with Gasteiger partial charge in [-0.15, -0.1) is 0 Å². The molecule has 0 aromatic rings. The smallest absolute Gasteiger partial charge is 0.220 e. The topological polar surface area (TPSA) is 93.0 Å². The minimum atomic E-state index is -1.10. The molecule has 1 amide bonds. The van der Waals surface area contributed by atoms with E-state index in [1.165, 1.54) is 0 Å². The number of likely N-dealkylation sites (N-methyl/N-ethyl adjacent to an activating group) is 1. The molecule has 0 aromatic heterocycles. The molecule has 6 nitrogen and oxygen atoms in total. The maximum atomic E-state index is 11.7. The first kappa shape index (κ1) is 18.4. The summed E-state index contributed by atoms with van der Waals surface area (Å²) < 4.78 is 0. The summed E-state index contributed by atoms with van der Waals surface area (Å²) in [7, 11) is 1.81. The number of carbonyl (C=O) groups is 1. The molecular formula is C15H30N2O4. The zero-order chi connectivity index (χ0) is 16.0. The van der Waals surface area contributed by atoms with Gasteiger partial charge >= 0.3 is 0 Å². The third kappa shape index (κ3) is 5.21. The number of carbonyl (C=O) groups excluding carboxylic acids is 1. The molecule has 0 spiro atoms. The van der Waals surface area contributed by atoms with Gasteiger partial charge in [-0.05, 0) is 26.8 Å². The number of unbranched alkanes of at least 4 members (excludes halogenated alkanes) is 2. The summed E-state index contributed by atoms with van der Waals surface area (Å²) in [6.45, 7) is 4.43. The molecule has 21 heavy (non-hydrogen) atoms. The van der Waals surface area contributed by atoms with Crippen molar-refractivity contribution in [2.24, 2.45) is 0 Å². The van der Waals surface area contributed by atoms with Crippen molar-refractivity contribution >= 4 is 5.91 Å². The van der Waals surface area contributed by atoms with Crippen LogP contribution in [0.2, 0.25) is 0 Å². The normalized spacial score (nSPS) is 27.3. The first-order valence-corrected chi connectivity index (χ1v) is 7.92. The highest BCUT2D eigenvalue weighted by atomic mass is 16.3. The van der Waals surface area contributed by atoms with Crippen LogP contribution in [0.1, 0.15) is 46.0 Å². The summed E-state index contributed by atoms with van der Waals surface area (Å²) in [5, 5.41) is 33.1. The van der Waals surface area contributed by atoms with E-state index in [0.29, 0.717) is 19.4 Å². The molecule has 0 radical (unpaired) electrons. The largest absolute Gasteiger partial charge is 0.391 e. The molecule has 1 rings (SSSR count). The quantitative estimate of drug-likeness (QED) is 0.468. The summed E-state index contributed by atoms with van der Waals surface area (Å²) >= 11 is 0. The molecule has 0 saturated carbocycles. The Morgan fingerprint density at radius 1 is 1.38 bits per heavy atom. The Hall–Kier alpha value is -0.690. The molecule has 4 N–H and O–H groups in total. The van der Waals surface area contributed by atoms with E-state index in [9.17, 15) is 20.1 Å². The van der Waals surface area contributed by atoms with E-state index in [2.05, 4.69) is 12.2 Å². The van der Waals surface area contributed by atoms with Crippen molar-refractivity contribution < 1.29 is 20.1 Å². The van der Waals surface area contributed by atoms with E-state index < -0.39 is 30.4 Å². The van der Waals surface area contributed by atoms with Crippen molar-refractivity contribution in [2.75, 3.05) is 13.6 Å². The maximum absolute atomic E-state index is 11.7. The van der Waals surface area contributed by atoms with Crippen LogP contribution in [-0.4, -0.2) is 70.1 Å². The maximum Gasteiger partial charge on any atom is 0.220 e. The number of nitrogens with one attached hydrogen (secondary N) is 1. The van der Waals surface area contributed by atoms with Gasteiger partial charge in [-0.3, -0.25) is 9.69 Å². The van der Waals surface area contributed by atoms with Gasteiger partial charge in [0.05, 0.1) is 24.3 Å². The Morgan fingerprint density at radius 2 is 2.05 bits per heavy atom. The van der Waals surface area contributed by atoms with Gasteiger partial charge in [0, 0.05) is 13.0 Å². The summed E-state index contributed by atoms with van der Waals surface area (Å²) in [4.78, 5) is 13.6. The zero-order valence-electron chi connectivity index (χ0n) is 13.3. The van der Waals surface area contributed by atoms with Gasteiger partial charge in [0.1, 0.15) is 6.10 Å². The van der Waals surface area contributed by atoms with Gasteiger partial charge in [0.15, 0.2) is 0 Å². The van der Waals surface area contributed by atoms with Crippen molar-refractivity contribution in [3.63, 3.8) is 0 Å². The SMILES string of the molecule is CCCCCC(=O)NC(C)C(O)C(O)C1C(O)CCN1C. The van der Waals surface area contributed by atoms with Gasteiger partial charge < -0.3 is 20.6 Å². The van der Waals surface area contributed by atoms with Crippen LogP contribution in [-0.2, 0) is 4.79 Å². The fraction of sp³-hybridized carbons (Fsp3) is 0.933. The Labute approximate surface area is 127 Å². The molecule has 0 aliphatic carbocycles. The number of amides is 1. The molecule has 1 saturated heterocycles. The van der Waals surface area contributed by atoms with Crippen molar-refractivity contribution in [1.29, 1.82) is 0 Å². The van der Waals surface area contributed by atoms with Crippen molar-refractivity contribution in [2.45, 2.75) is 76.3 Å². The van der Waals surface area contributed by atoms with Crippen LogP contribution in [0.4, 0.5) is 0 Å². The van der Waals surface area contributed by atoms with Gasteiger partial charge in [-0.2, -0.15) is 0 Å². The molecule has 1 aliphatic rings. The van der Waals surface area contributed by atoms with Crippen LogP contribution in [0.5, 0.6) is 0 Å². The predicted molar refractivity (Wildman–Crippen MR) is 80.8 cm³/mol. The highest BCUT2D eigenvalue weighted by Crippen LogP contribution is 2.21. The standard InChI is InChI=1S/C15H30N2O4/c1-4-5-6-7-12(19)16-10(2)14(20)15(21)13-11(18)8-9-17(13)3/h10-11,13-15,18,20-21H,4-9H2,1-3H3,(H,16,19). The predicted octanol–water partition coefficient (Wildman–Crippen LogP) is -0.142. The monoisotopic (exact) mass is 302 g/mol. The molecule has 0 bridgehead atoms. The number of nitrogens with zero attached hydrogens (tertiary/aromatic N) is 1. The van der Waals surface area contributed by atoms with Crippen LogP contribution in [0.3, 0.4) is 0 Å². The van der Waals surface area contributed by atoms with Crippen molar-refractivity contribution in [3.8, 4) is 0 Å². The lowest BCUT2D eigenvalue weighted by atomic mass is 9.96. The third-order valence-electron chi connectivity index (χ3n) is 4.29. The number of hydrogen-bond donors (Lipinski definition) is 4. The fourth-order valence-electron chi connectivity index (χ4n) is 2.88. The first-order chi connectivity index (χ1) is 9.88. The summed E-state index contributed by atoms with van der Waals surface area (Å²) in [6, 6.07) is -1.03. The molecule has 6 heteroatoms. The van der Waals surface area contributed by atoms with Crippen LogP contribution < -0.4 is 5.32 Å². The van der Waals surface area contributed by atoms with E-state index >= 15 is 0 Å². The molecule has 1 aliphatic heterocycles. The molecule has 5 unspecified atom stereocenters. The minimum absolute atomic E-state index is 0.109. The van der Waals surface area contributed by atoms with E-state index in [-0.39, 0.29) is 5.91 Å². The van der Waals surface area contributed by atoms with Crippen LogP contribution >= 0.6 is 0 Å². The Balaban J connectivity index is 2.45. The highest BCUT2D eigenvalue weighted by molar-refractivity contribution is 5.76. The van der Waals surface area contributed by atoms with E-state index in [1.54, 1.807) is 6.92 Å². The molecular weight excluding hydrogens is 272 g/mol. The summed E-state index contributed by atoms with van der Waals surface area (Å²) in [5.41, 5.74) is 0. The van der Waals surface area contributed by atoms with Gasteiger partial charge in [-0.25, -0.2) is 0 Å².